The molecule has 1 atom stereocenters. The molecular formula is C17H20N2. The highest BCUT2D eigenvalue weighted by atomic mass is 14.9. The van der Waals surface area contributed by atoms with E-state index < -0.39 is 0 Å². The Labute approximate surface area is 115 Å². The van der Waals surface area contributed by atoms with Gasteiger partial charge in [0.05, 0.1) is 6.04 Å². The number of nitrogens with zero attached hydrogens (tertiary/aromatic N) is 1. The van der Waals surface area contributed by atoms with Crippen LogP contribution in [0.15, 0.2) is 67.0 Å². The number of hydrogen-bond donors (Lipinski definition) is 1. The molecule has 0 radical (unpaired) electrons. The SMILES string of the molecule is C=C(C)CCNC(c1ccccc1)c1ccncc1. The molecule has 0 aliphatic rings. The number of rotatable bonds is 6. The van der Waals surface area contributed by atoms with Gasteiger partial charge in [0.2, 0.25) is 0 Å². The van der Waals surface area contributed by atoms with Gasteiger partial charge in [-0.2, -0.15) is 0 Å². The van der Waals surface area contributed by atoms with E-state index in [-0.39, 0.29) is 6.04 Å². The highest BCUT2D eigenvalue weighted by molar-refractivity contribution is 5.30. The van der Waals surface area contributed by atoms with Crippen molar-refractivity contribution in [2.75, 3.05) is 6.54 Å². The molecule has 0 fully saturated rings. The predicted molar refractivity (Wildman–Crippen MR) is 80.0 cm³/mol. The first-order valence-corrected chi connectivity index (χ1v) is 6.60. The Bertz CT molecular complexity index is 466. The molecule has 0 aliphatic carbocycles. The van der Waals surface area contributed by atoms with Crippen LogP contribution in [0.2, 0.25) is 0 Å². The van der Waals surface area contributed by atoms with Gasteiger partial charge in [-0.05, 0) is 43.1 Å². The van der Waals surface area contributed by atoms with E-state index in [0.717, 1.165) is 13.0 Å². The maximum absolute atomic E-state index is 4.09. The van der Waals surface area contributed by atoms with Crippen LogP contribution in [0.5, 0.6) is 0 Å². The summed E-state index contributed by atoms with van der Waals surface area (Å²) in [7, 11) is 0. The van der Waals surface area contributed by atoms with Gasteiger partial charge in [-0.15, -0.1) is 6.58 Å². The summed E-state index contributed by atoms with van der Waals surface area (Å²) in [4.78, 5) is 4.09. The second-order valence-electron chi connectivity index (χ2n) is 4.79. The molecule has 0 spiro atoms. The van der Waals surface area contributed by atoms with Gasteiger partial charge in [0.15, 0.2) is 0 Å². The lowest BCUT2D eigenvalue weighted by atomic mass is 9.99. The van der Waals surface area contributed by atoms with Crippen molar-refractivity contribution in [1.82, 2.24) is 10.3 Å². The first-order valence-electron chi connectivity index (χ1n) is 6.60. The summed E-state index contributed by atoms with van der Waals surface area (Å²) < 4.78 is 0. The topological polar surface area (TPSA) is 24.9 Å². The lowest BCUT2D eigenvalue weighted by molar-refractivity contribution is 0.604. The number of benzene rings is 1. The summed E-state index contributed by atoms with van der Waals surface area (Å²) in [6.07, 6.45) is 4.67. The summed E-state index contributed by atoms with van der Waals surface area (Å²) in [5, 5.41) is 3.60. The van der Waals surface area contributed by atoms with E-state index >= 15 is 0 Å². The molecular weight excluding hydrogens is 232 g/mol. The van der Waals surface area contributed by atoms with Crippen molar-refractivity contribution in [3.05, 3.63) is 78.1 Å². The van der Waals surface area contributed by atoms with Gasteiger partial charge in [0, 0.05) is 12.4 Å². The largest absolute Gasteiger partial charge is 0.306 e. The van der Waals surface area contributed by atoms with E-state index in [4.69, 9.17) is 0 Å². The minimum atomic E-state index is 0.212. The van der Waals surface area contributed by atoms with E-state index in [9.17, 15) is 0 Å². The molecule has 1 N–H and O–H groups in total. The molecule has 1 aromatic heterocycles. The number of pyridine rings is 1. The fourth-order valence-corrected chi connectivity index (χ4v) is 2.06. The quantitative estimate of drug-likeness (QED) is 0.792. The van der Waals surface area contributed by atoms with Gasteiger partial charge in [-0.3, -0.25) is 4.98 Å². The van der Waals surface area contributed by atoms with Gasteiger partial charge in [-0.1, -0.05) is 35.9 Å². The lowest BCUT2D eigenvalue weighted by Gasteiger charge is -2.19. The van der Waals surface area contributed by atoms with Crippen LogP contribution in [0.1, 0.15) is 30.5 Å². The first kappa shape index (κ1) is 13.5. The first-order chi connectivity index (χ1) is 9.27. The number of aromatic nitrogens is 1. The number of nitrogens with one attached hydrogen (secondary N) is 1. The van der Waals surface area contributed by atoms with Crippen molar-refractivity contribution in [3.63, 3.8) is 0 Å². The molecule has 98 valence electrons. The Morgan fingerprint density at radius 3 is 2.37 bits per heavy atom. The fraction of sp³-hybridized carbons (Fsp3) is 0.235. The Kier molecular flexibility index (Phi) is 4.87. The van der Waals surface area contributed by atoms with Crippen molar-refractivity contribution in [1.29, 1.82) is 0 Å². The molecule has 0 aliphatic heterocycles. The van der Waals surface area contributed by atoms with Gasteiger partial charge in [-0.25, -0.2) is 0 Å². The molecule has 0 saturated heterocycles. The van der Waals surface area contributed by atoms with Crippen LogP contribution in [-0.2, 0) is 0 Å². The van der Waals surface area contributed by atoms with E-state index in [1.807, 2.05) is 18.5 Å². The summed E-state index contributed by atoms with van der Waals surface area (Å²) in [6, 6.07) is 14.8. The van der Waals surface area contributed by atoms with Gasteiger partial charge < -0.3 is 5.32 Å². The smallest absolute Gasteiger partial charge is 0.0577 e. The molecule has 2 rings (SSSR count). The van der Waals surface area contributed by atoms with Crippen LogP contribution in [-0.4, -0.2) is 11.5 Å². The minimum absolute atomic E-state index is 0.212. The normalized spacial score (nSPS) is 12.1. The summed E-state index contributed by atoms with van der Waals surface area (Å²) in [5.41, 5.74) is 3.72. The van der Waals surface area contributed by atoms with Crippen LogP contribution in [0, 0.1) is 0 Å². The van der Waals surface area contributed by atoms with Gasteiger partial charge in [0.1, 0.15) is 0 Å². The summed E-state index contributed by atoms with van der Waals surface area (Å²) in [5.74, 6) is 0. The van der Waals surface area contributed by atoms with E-state index in [0.29, 0.717) is 0 Å². The maximum Gasteiger partial charge on any atom is 0.0577 e. The Morgan fingerprint density at radius 1 is 1.11 bits per heavy atom. The molecule has 1 unspecified atom stereocenters. The average molecular weight is 252 g/mol. The number of hydrogen-bond acceptors (Lipinski definition) is 2. The fourth-order valence-electron chi connectivity index (χ4n) is 2.06. The van der Waals surface area contributed by atoms with Crippen molar-refractivity contribution >= 4 is 0 Å². The van der Waals surface area contributed by atoms with Crippen molar-refractivity contribution < 1.29 is 0 Å². The van der Waals surface area contributed by atoms with E-state index in [1.165, 1.54) is 16.7 Å². The molecule has 1 heterocycles. The zero-order chi connectivity index (χ0) is 13.5. The molecule has 2 heteroatoms. The Balaban J connectivity index is 2.17. The Morgan fingerprint density at radius 2 is 1.74 bits per heavy atom. The summed E-state index contributed by atoms with van der Waals surface area (Å²) in [6.45, 7) is 6.94. The predicted octanol–water partition coefficient (Wildman–Crippen LogP) is 3.73. The third-order valence-corrected chi connectivity index (χ3v) is 3.07. The lowest BCUT2D eigenvalue weighted by Crippen LogP contribution is -2.23. The zero-order valence-corrected chi connectivity index (χ0v) is 11.3. The van der Waals surface area contributed by atoms with Gasteiger partial charge >= 0.3 is 0 Å². The molecule has 2 aromatic rings. The van der Waals surface area contributed by atoms with Crippen LogP contribution in [0.4, 0.5) is 0 Å². The molecule has 19 heavy (non-hydrogen) atoms. The highest BCUT2D eigenvalue weighted by Gasteiger charge is 2.12. The van der Waals surface area contributed by atoms with Gasteiger partial charge in [0.25, 0.3) is 0 Å². The standard InChI is InChI=1S/C17H20N2/c1-14(2)8-13-19-17(15-6-4-3-5-7-15)16-9-11-18-12-10-16/h3-7,9-12,17,19H,1,8,13H2,2H3. The maximum atomic E-state index is 4.09. The van der Waals surface area contributed by atoms with E-state index in [2.05, 4.69) is 60.2 Å². The van der Waals surface area contributed by atoms with Crippen LogP contribution in [0.3, 0.4) is 0 Å². The van der Waals surface area contributed by atoms with Crippen LogP contribution >= 0.6 is 0 Å². The second-order valence-corrected chi connectivity index (χ2v) is 4.79. The van der Waals surface area contributed by atoms with Crippen molar-refractivity contribution in [2.24, 2.45) is 0 Å². The molecule has 0 saturated carbocycles. The zero-order valence-electron chi connectivity index (χ0n) is 11.3. The van der Waals surface area contributed by atoms with Crippen molar-refractivity contribution in [2.45, 2.75) is 19.4 Å². The third kappa shape index (κ3) is 4.04. The molecule has 0 bridgehead atoms. The highest BCUT2D eigenvalue weighted by Crippen LogP contribution is 2.21. The Hall–Kier alpha value is -1.93. The third-order valence-electron chi connectivity index (χ3n) is 3.07. The minimum Gasteiger partial charge on any atom is -0.306 e. The monoisotopic (exact) mass is 252 g/mol. The van der Waals surface area contributed by atoms with Crippen LogP contribution in [0.25, 0.3) is 0 Å². The summed E-state index contributed by atoms with van der Waals surface area (Å²) >= 11 is 0. The van der Waals surface area contributed by atoms with Crippen molar-refractivity contribution in [3.8, 4) is 0 Å². The van der Waals surface area contributed by atoms with E-state index in [1.54, 1.807) is 0 Å². The average Bonchev–Trinajstić information content (AvgIpc) is 2.45. The van der Waals surface area contributed by atoms with Crippen LogP contribution < -0.4 is 5.32 Å². The molecule has 1 aromatic carbocycles. The second kappa shape index (κ2) is 6.86. The molecule has 0 amide bonds. The molecule has 2 nitrogen and oxygen atoms in total.